The topological polar surface area (TPSA) is 84.6 Å². The van der Waals surface area contributed by atoms with Crippen LogP contribution in [0, 0.1) is 0 Å². The third-order valence-corrected chi connectivity index (χ3v) is 2.50. The maximum atomic E-state index is 11.6. The van der Waals surface area contributed by atoms with Gasteiger partial charge < -0.3 is 20.9 Å². The van der Waals surface area contributed by atoms with E-state index in [9.17, 15) is 4.79 Å². The number of nitrogens with one attached hydrogen (secondary N) is 1. The molecule has 0 saturated carbocycles. The molecule has 1 aromatic rings. The molecule has 1 rings (SSSR count). The van der Waals surface area contributed by atoms with E-state index >= 15 is 0 Å². The van der Waals surface area contributed by atoms with Crippen LogP contribution >= 0.6 is 0 Å². The number of phenolic OH excluding ortho intramolecular Hbond substituents is 1. The van der Waals surface area contributed by atoms with E-state index in [0.29, 0.717) is 19.7 Å². The third-order valence-electron chi connectivity index (χ3n) is 2.50. The predicted molar refractivity (Wildman–Crippen MR) is 69.0 cm³/mol. The van der Waals surface area contributed by atoms with Crippen molar-refractivity contribution < 1.29 is 14.6 Å². The first-order valence-electron chi connectivity index (χ1n) is 6.02. The molecule has 0 aliphatic heterocycles. The van der Waals surface area contributed by atoms with Gasteiger partial charge in [0.05, 0.1) is 12.5 Å². The van der Waals surface area contributed by atoms with Crippen LogP contribution in [-0.4, -0.2) is 30.3 Å². The van der Waals surface area contributed by atoms with Gasteiger partial charge in [0.2, 0.25) is 5.91 Å². The van der Waals surface area contributed by atoms with Crippen LogP contribution in [0.4, 0.5) is 0 Å². The number of carbonyl (C=O) groups excluding carboxylic acids is 1. The molecule has 5 nitrogen and oxygen atoms in total. The number of rotatable bonds is 7. The zero-order chi connectivity index (χ0) is 13.4. The zero-order valence-electron chi connectivity index (χ0n) is 10.6. The van der Waals surface area contributed by atoms with Gasteiger partial charge in [-0.25, -0.2) is 0 Å². The molecule has 0 aromatic heterocycles. The maximum Gasteiger partial charge on any atom is 0.222 e. The minimum atomic E-state index is -0.227. The normalized spacial score (nSPS) is 12.1. The number of amides is 1. The highest BCUT2D eigenvalue weighted by molar-refractivity contribution is 5.76. The van der Waals surface area contributed by atoms with Crippen molar-refractivity contribution in [2.24, 2.45) is 5.73 Å². The molecule has 1 atom stereocenters. The standard InChI is InChI=1S/C13H20N2O3/c1-2-18-12(8-14)7-13(17)15-9-10-3-5-11(16)6-4-10/h3-6,12,16H,2,7-9,14H2,1H3,(H,15,17). The van der Waals surface area contributed by atoms with E-state index in [0.717, 1.165) is 5.56 Å². The van der Waals surface area contributed by atoms with Crippen LogP contribution in [0.15, 0.2) is 24.3 Å². The monoisotopic (exact) mass is 252 g/mol. The number of hydrogen-bond acceptors (Lipinski definition) is 4. The summed E-state index contributed by atoms with van der Waals surface area (Å²) in [6, 6.07) is 6.70. The van der Waals surface area contributed by atoms with E-state index in [4.69, 9.17) is 15.6 Å². The quantitative estimate of drug-likeness (QED) is 0.669. The smallest absolute Gasteiger partial charge is 0.222 e. The van der Waals surface area contributed by atoms with Crippen LogP contribution in [0.2, 0.25) is 0 Å². The lowest BCUT2D eigenvalue weighted by Crippen LogP contribution is -2.32. The Bertz CT molecular complexity index is 365. The second-order valence-corrected chi connectivity index (χ2v) is 3.96. The van der Waals surface area contributed by atoms with Crippen molar-refractivity contribution in [3.8, 4) is 5.75 Å². The van der Waals surface area contributed by atoms with Gasteiger partial charge >= 0.3 is 0 Å². The molecule has 1 unspecified atom stereocenters. The molecule has 1 aromatic carbocycles. The molecule has 0 bridgehead atoms. The molecule has 0 spiro atoms. The molecule has 0 heterocycles. The highest BCUT2D eigenvalue weighted by Crippen LogP contribution is 2.09. The Morgan fingerprint density at radius 1 is 1.44 bits per heavy atom. The summed E-state index contributed by atoms with van der Waals surface area (Å²) >= 11 is 0. The van der Waals surface area contributed by atoms with Crippen LogP contribution in [0.5, 0.6) is 5.75 Å². The second kappa shape index (κ2) is 7.68. The number of benzene rings is 1. The zero-order valence-corrected chi connectivity index (χ0v) is 10.6. The first-order chi connectivity index (χ1) is 8.65. The molecule has 100 valence electrons. The molecule has 18 heavy (non-hydrogen) atoms. The van der Waals surface area contributed by atoms with Crippen LogP contribution in [0.1, 0.15) is 18.9 Å². The van der Waals surface area contributed by atoms with E-state index in [1.165, 1.54) is 0 Å². The third kappa shape index (κ3) is 5.16. The molecule has 4 N–H and O–H groups in total. The van der Waals surface area contributed by atoms with Crippen molar-refractivity contribution in [2.75, 3.05) is 13.2 Å². The molecular weight excluding hydrogens is 232 g/mol. The number of phenols is 1. The highest BCUT2D eigenvalue weighted by Gasteiger charge is 2.11. The number of ether oxygens (including phenoxy) is 1. The van der Waals surface area contributed by atoms with Gasteiger partial charge in [0.1, 0.15) is 5.75 Å². The summed E-state index contributed by atoms with van der Waals surface area (Å²) in [6.45, 7) is 3.19. The summed E-state index contributed by atoms with van der Waals surface area (Å²) in [5.74, 6) is 0.122. The Balaban J connectivity index is 2.34. The van der Waals surface area contributed by atoms with Gasteiger partial charge in [-0.15, -0.1) is 0 Å². The molecule has 0 aliphatic rings. The van der Waals surface area contributed by atoms with E-state index < -0.39 is 0 Å². The molecule has 0 saturated heterocycles. The van der Waals surface area contributed by atoms with E-state index in [-0.39, 0.29) is 24.2 Å². The lowest BCUT2D eigenvalue weighted by Gasteiger charge is -2.14. The van der Waals surface area contributed by atoms with Crippen molar-refractivity contribution in [2.45, 2.75) is 26.0 Å². The van der Waals surface area contributed by atoms with E-state index in [2.05, 4.69) is 5.32 Å². The summed E-state index contributed by atoms with van der Waals surface area (Å²) in [4.78, 5) is 11.6. The second-order valence-electron chi connectivity index (χ2n) is 3.96. The molecule has 0 aliphatic carbocycles. The van der Waals surface area contributed by atoms with Gasteiger partial charge in [0.15, 0.2) is 0 Å². The number of aromatic hydroxyl groups is 1. The van der Waals surface area contributed by atoms with Crippen molar-refractivity contribution in [1.29, 1.82) is 0 Å². The first-order valence-corrected chi connectivity index (χ1v) is 6.02. The van der Waals surface area contributed by atoms with Crippen LogP contribution in [0.25, 0.3) is 0 Å². The van der Waals surface area contributed by atoms with Crippen molar-refractivity contribution in [1.82, 2.24) is 5.32 Å². The lowest BCUT2D eigenvalue weighted by molar-refractivity contribution is -0.123. The summed E-state index contributed by atoms with van der Waals surface area (Å²) in [6.07, 6.45) is 0.0393. The highest BCUT2D eigenvalue weighted by atomic mass is 16.5. The Morgan fingerprint density at radius 2 is 2.11 bits per heavy atom. The first kappa shape index (κ1) is 14.5. The van der Waals surface area contributed by atoms with Crippen LogP contribution in [0.3, 0.4) is 0 Å². The minimum absolute atomic E-state index is 0.0908. The fourth-order valence-corrected chi connectivity index (χ4v) is 1.54. The van der Waals surface area contributed by atoms with Gasteiger partial charge in [0, 0.05) is 19.7 Å². The molecule has 0 radical (unpaired) electrons. The summed E-state index contributed by atoms with van der Waals surface area (Å²) in [5, 5.41) is 11.9. The Hall–Kier alpha value is -1.59. The van der Waals surface area contributed by atoms with E-state index in [1.807, 2.05) is 6.92 Å². The average Bonchev–Trinajstić information content (AvgIpc) is 2.37. The van der Waals surface area contributed by atoms with Gasteiger partial charge in [-0.3, -0.25) is 4.79 Å². The van der Waals surface area contributed by atoms with Crippen molar-refractivity contribution in [3.63, 3.8) is 0 Å². The van der Waals surface area contributed by atoms with Crippen LogP contribution in [-0.2, 0) is 16.1 Å². The maximum absolute atomic E-state index is 11.6. The SMILES string of the molecule is CCOC(CN)CC(=O)NCc1ccc(O)cc1. The Morgan fingerprint density at radius 3 is 2.67 bits per heavy atom. The Labute approximate surface area is 107 Å². The number of carbonyl (C=O) groups is 1. The van der Waals surface area contributed by atoms with Gasteiger partial charge in [-0.1, -0.05) is 12.1 Å². The lowest BCUT2D eigenvalue weighted by atomic mass is 10.2. The number of hydrogen-bond donors (Lipinski definition) is 3. The minimum Gasteiger partial charge on any atom is -0.508 e. The Kier molecular flexibility index (Phi) is 6.18. The number of nitrogens with two attached hydrogens (primary N) is 1. The summed E-state index contributed by atoms with van der Waals surface area (Å²) in [5.41, 5.74) is 6.43. The largest absolute Gasteiger partial charge is 0.508 e. The average molecular weight is 252 g/mol. The summed E-state index contributed by atoms with van der Waals surface area (Å²) < 4.78 is 5.31. The van der Waals surface area contributed by atoms with Gasteiger partial charge in [-0.05, 0) is 24.6 Å². The summed E-state index contributed by atoms with van der Waals surface area (Å²) in [7, 11) is 0. The van der Waals surface area contributed by atoms with Crippen molar-refractivity contribution in [3.05, 3.63) is 29.8 Å². The molecule has 0 fully saturated rings. The molecular formula is C13H20N2O3. The molecule has 1 amide bonds. The fraction of sp³-hybridized carbons (Fsp3) is 0.462. The fourth-order valence-electron chi connectivity index (χ4n) is 1.54. The van der Waals surface area contributed by atoms with Gasteiger partial charge in [0.25, 0.3) is 0 Å². The van der Waals surface area contributed by atoms with Gasteiger partial charge in [-0.2, -0.15) is 0 Å². The predicted octanol–water partition coefficient (Wildman–Crippen LogP) is 0.762. The van der Waals surface area contributed by atoms with Crippen molar-refractivity contribution >= 4 is 5.91 Å². The van der Waals surface area contributed by atoms with Crippen LogP contribution < -0.4 is 11.1 Å². The molecule has 5 heteroatoms. The van der Waals surface area contributed by atoms with E-state index in [1.54, 1.807) is 24.3 Å².